The highest BCUT2D eigenvalue weighted by atomic mass is 16.2. The molecule has 8 heteroatoms. The maximum Gasteiger partial charge on any atom is 0.321 e. The van der Waals surface area contributed by atoms with E-state index in [1.807, 2.05) is 76.5 Å². The first-order chi connectivity index (χ1) is 18.9. The Bertz CT molecular complexity index is 1610. The summed E-state index contributed by atoms with van der Waals surface area (Å²) in [7, 11) is 1.75. The van der Waals surface area contributed by atoms with Crippen LogP contribution in [0.5, 0.6) is 0 Å². The van der Waals surface area contributed by atoms with Gasteiger partial charge >= 0.3 is 6.03 Å². The van der Waals surface area contributed by atoms with Crippen molar-refractivity contribution in [1.82, 2.24) is 19.4 Å². The first-order valence-corrected chi connectivity index (χ1v) is 13.7. The van der Waals surface area contributed by atoms with Gasteiger partial charge in [0.15, 0.2) is 0 Å². The average molecular weight is 524 g/mol. The van der Waals surface area contributed by atoms with Crippen molar-refractivity contribution in [2.24, 2.45) is 12.5 Å². The lowest BCUT2D eigenvalue weighted by atomic mass is 9.78. The zero-order chi connectivity index (χ0) is 27.0. The maximum atomic E-state index is 13.1. The quantitative estimate of drug-likeness (QED) is 0.425. The van der Waals surface area contributed by atoms with Crippen LogP contribution in [0.2, 0.25) is 0 Å². The summed E-state index contributed by atoms with van der Waals surface area (Å²) in [6.45, 7) is 2.79. The van der Waals surface area contributed by atoms with Gasteiger partial charge in [-0.2, -0.15) is 0 Å². The summed E-state index contributed by atoms with van der Waals surface area (Å²) in [5, 5.41) is 5.23. The zero-order valence-corrected chi connectivity index (χ0v) is 22.2. The van der Waals surface area contributed by atoms with Crippen LogP contribution < -0.4 is 10.9 Å². The van der Waals surface area contributed by atoms with Gasteiger partial charge in [-0.05, 0) is 48.3 Å². The summed E-state index contributed by atoms with van der Waals surface area (Å²) in [5.74, 6) is 0.0695. The molecule has 6 rings (SSSR count). The molecule has 3 amide bonds. The van der Waals surface area contributed by atoms with E-state index in [2.05, 4.69) is 10.3 Å². The number of aryl methyl sites for hydroxylation is 2. The first-order valence-electron chi connectivity index (χ1n) is 13.7. The number of benzene rings is 3. The number of hydrogen-bond acceptors (Lipinski definition) is 4. The summed E-state index contributed by atoms with van der Waals surface area (Å²) < 4.78 is 1.61. The molecular formula is C31H33N5O3. The molecule has 0 unspecified atom stereocenters. The van der Waals surface area contributed by atoms with Gasteiger partial charge in [0.05, 0.1) is 16.7 Å². The Balaban J connectivity index is 1.04. The fraction of sp³-hybridized carbons (Fsp3) is 0.355. The smallest absolute Gasteiger partial charge is 0.321 e. The summed E-state index contributed by atoms with van der Waals surface area (Å²) in [6.07, 6.45) is 3.32. The third kappa shape index (κ3) is 4.87. The highest BCUT2D eigenvalue weighted by Crippen LogP contribution is 2.40. The van der Waals surface area contributed by atoms with Gasteiger partial charge in [-0.1, -0.05) is 48.5 Å². The van der Waals surface area contributed by atoms with Crippen molar-refractivity contribution in [1.29, 1.82) is 0 Å². The standard InChI is InChI=1S/C31H33N5O3/c1-34-27-12-5-4-10-25(27)32-26(29(34)38)13-14-28(37)36-20-17-31(21-36)15-18-35(19-16-31)30(39)33-24-11-6-8-22-7-2-3-9-23(22)24/h2-12H,13-21H2,1H3,(H,33,39). The van der Waals surface area contributed by atoms with E-state index in [0.29, 0.717) is 31.7 Å². The first kappa shape index (κ1) is 25.1. The van der Waals surface area contributed by atoms with Crippen LogP contribution in [0.1, 0.15) is 31.4 Å². The molecule has 8 nitrogen and oxygen atoms in total. The number of amides is 3. The molecule has 2 saturated heterocycles. The predicted octanol–water partition coefficient (Wildman–Crippen LogP) is 4.57. The van der Waals surface area contributed by atoms with E-state index in [0.717, 1.165) is 53.3 Å². The largest absolute Gasteiger partial charge is 0.342 e. The Kier molecular flexibility index (Phi) is 6.54. The highest BCUT2D eigenvalue weighted by molar-refractivity contribution is 6.01. The number of nitrogens with one attached hydrogen (secondary N) is 1. The van der Waals surface area contributed by atoms with Crippen molar-refractivity contribution in [2.45, 2.75) is 32.1 Å². The molecular weight excluding hydrogens is 490 g/mol. The molecule has 1 N–H and O–H groups in total. The predicted molar refractivity (Wildman–Crippen MR) is 153 cm³/mol. The third-order valence-electron chi connectivity index (χ3n) is 8.56. The SMILES string of the molecule is Cn1c(=O)c(CCC(=O)N2CCC3(CCN(C(=O)Nc4cccc5ccccc45)CC3)C2)nc2ccccc21. The summed E-state index contributed by atoms with van der Waals surface area (Å²) in [4.78, 5) is 47.3. The van der Waals surface area contributed by atoms with E-state index in [1.165, 1.54) is 0 Å². The fourth-order valence-electron chi connectivity index (χ4n) is 6.15. The molecule has 1 spiro atoms. The lowest BCUT2D eigenvalue weighted by Crippen LogP contribution is -2.46. The van der Waals surface area contributed by atoms with Crippen LogP contribution in [-0.4, -0.2) is 57.5 Å². The number of aromatic nitrogens is 2. The number of nitrogens with zero attached hydrogens (tertiary/aromatic N) is 4. The Morgan fingerprint density at radius 1 is 0.897 bits per heavy atom. The van der Waals surface area contributed by atoms with Gasteiger partial charge in [-0.25, -0.2) is 9.78 Å². The molecule has 2 fully saturated rings. The number of para-hydroxylation sites is 2. The number of fused-ring (bicyclic) bond motifs is 2. The summed E-state index contributed by atoms with van der Waals surface area (Å²) >= 11 is 0. The average Bonchev–Trinajstić information content (AvgIpc) is 3.38. The fourth-order valence-corrected chi connectivity index (χ4v) is 6.15. The Morgan fingerprint density at radius 3 is 2.41 bits per heavy atom. The van der Waals surface area contributed by atoms with E-state index < -0.39 is 0 Å². The van der Waals surface area contributed by atoms with E-state index in [1.54, 1.807) is 11.6 Å². The van der Waals surface area contributed by atoms with Crippen LogP contribution >= 0.6 is 0 Å². The number of likely N-dealkylation sites (tertiary alicyclic amines) is 2. The van der Waals surface area contributed by atoms with E-state index >= 15 is 0 Å². The van der Waals surface area contributed by atoms with Gasteiger partial charge in [0.25, 0.3) is 5.56 Å². The number of carbonyl (C=O) groups is 2. The number of piperidine rings is 1. The lowest BCUT2D eigenvalue weighted by Gasteiger charge is -2.39. The third-order valence-corrected chi connectivity index (χ3v) is 8.56. The van der Waals surface area contributed by atoms with Crippen molar-refractivity contribution in [2.75, 3.05) is 31.5 Å². The summed E-state index contributed by atoms with van der Waals surface area (Å²) in [5.41, 5.74) is 2.72. The van der Waals surface area contributed by atoms with E-state index in [9.17, 15) is 14.4 Å². The molecule has 0 saturated carbocycles. The second kappa shape index (κ2) is 10.2. The van der Waals surface area contributed by atoms with Crippen molar-refractivity contribution in [3.05, 3.63) is 82.8 Å². The van der Waals surface area contributed by atoms with Gasteiger partial charge < -0.3 is 19.7 Å². The molecule has 2 aliphatic rings. The molecule has 0 aliphatic carbocycles. The molecule has 1 aromatic heterocycles. The molecule has 39 heavy (non-hydrogen) atoms. The van der Waals surface area contributed by atoms with Crippen LogP contribution in [-0.2, 0) is 18.3 Å². The molecule has 4 aromatic rings. The Hall–Kier alpha value is -4.20. The summed E-state index contributed by atoms with van der Waals surface area (Å²) in [6, 6.07) is 21.5. The molecule has 0 bridgehead atoms. The second-order valence-electron chi connectivity index (χ2n) is 10.9. The van der Waals surface area contributed by atoms with Gasteiger partial charge in [0.1, 0.15) is 5.69 Å². The topological polar surface area (TPSA) is 87.5 Å². The number of hydrogen-bond donors (Lipinski definition) is 1. The minimum absolute atomic E-state index is 0.0587. The highest BCUT2D eigenvalue weighted by Gasteiger charge is 2.42. The maximum absolute atomic E-state index is 13.1. The zero-order valence-electron chi connectivity index (χ0n) is 22.2. The van der Waals surface area contributed by atoms with Crippen LogP contribution in [0.4, 0.5) is 10.5 Å². The molecule has 0 radical (unpaired) electrons. The van der Waals surface area contributed by atoms with Gasteiger partial charge in [-0.15, -0.1) is 0 Å². The van der Waals surface area contributed by atoms with Crippen LogP contribution in [0, 0.1) is 5.41 Å². The minimum Gasteiger partial charge on any atom is -0.342 e. The van der Waals surface area contributed by atoms with Gasteiger partial charge in [0, 0.05) is 51.5 Å². The van der Waals surface area contributed by atoms with Crippen molar-refractivity contribution < 1.29 is 9.59 Å². The van der Waals surface area contributed by atoms with E-state index in [4.69, 9.17) is 0 Å². The Morgan fingerprint density at radius 2 is 1.59 bits per heavy atom. The van der Waals surface area contributed by atoms with Crippen molar-refractivity contribution in [3.8, 4) is 0 Å². The van der Waals surface area contributed by atoms with Crippen molar-refractivity contribution in [3.63, 3.8) is 0 Å². The Labute approximate surface area is 227 Å². The van der Waals surface area contributed by atoms with Crippen LogP contribution in [0.25, 0.3) is 21.8 Å². The number of urea groups is 1. The van der Waals surface area contributed by atoms with Gasteiger partial charge in [0.2, 0.25) is 5.91 Å². The van der Waals surface area contributed by atoms with Crippen LogP contribution in [0.3, 0.4) is 0 Å². The molecule has 200 valence electrons. The molecule has 3 heterocycles. The van der Waals surface area contributed by atoms with E-state index in [-0.39, 0.29) is 29.3 Å². The van der Waals surface area contributed by atoms with Gasteiger partial charge in [-0.3, -0.25) is 9.59 Å². The molecule has 0 atom stereocenters. The number of anilines is 1. The monoisotopic (exact) mass is 523 g/mol. The molecule has 3 aromatic carbocycles. The van der Waals surface area contributed by atoms with Crippen LogP contribution in [0.15, 0.2) is 71.5 Å². The normalized spacial score (nSPS) is 16.7. The minimum atomic E-state index is -0.145. The molecule has 2 aliphatic heterocycles. The number of rotatable bonds is 4. The van der Waals surface area contributed by atoms with Crippen molar-refractivity contribution >= 4 is 39.4 Å². The second-order valence-corrected chi connectivity index (χ2v) is 10.9. The number of carbonyl (C=O) groups excluding carboxylic acids is 2. The lowest BCUT2D eigenvalue weighted by molar-refractivity contribution is -0.130.